The average molecular weight is 556 g/mol. The first-order valence-corrected chi connectivity index (χ1v) is 12.3. The van der Waals surface area contributed by atoms with Crippen LogP contribution in [-0.4, -0.2) is 62.8 Å². The van der Waals surface area contributed by atoms with Crippen LogP contribution in [0.15, 0.2) is 52.7 Å². The first-order valence-electron chi connectivity index (χ1n) is 12.3. The maximum absolute atomic E-state index is 12.6. The van der Waals surface area contributed by atoms with Crippen molar-refractivity contribution in [3.05, 3.63) is 53.6 Å². The molecule has 3 amide bonds. The zero-order valence-corrected chi connectivity index (χ0v) is 23.0. The number of hydrogen-bond acceptors (Lipinski definition) is 10. The summed E-state index contributed by atoms with van der Waals surface area (Å²) in [6, 6.07) is 10.6. The van der Waals surface area contributed by atoms with Gasteiger partial charge in [-0.3, -0.25) is 24.5 Å². The lowest BCUT2D eigenvalue weighted by Crippen LogP contribution is -2.27. The lowest BCUT2D eigenvalue weighted by Gasteiger charge is -2.20. The molecular formula is C27H33N5O8. The summed E-state index contributed by atoms with van der Waals surface area (Å²) in [6.07, 6.45) is -0.662. The van der Waals surface area contributed by atoms with E-state index in [2.05, 4.69) is 35.7 Å². The molecule has 40 heavy (non-hydrogen) atoms. The van der Waals surface area contributed by atoms with Gasteiger partial charge < -0.3 is 24.8 Å². The van der Waals surface area contributed by atoms with E-state index in [0.717, 1.165) is 0 Å². The van der Waals surface area contributed by atoms with Crippen molar-refractivity contribution >= 4 is 46.9 Å². The second-order valence-corrected chi connectivity index (χ2v) is 9.27. The largest absolute Gasteiger partial charge is 0.469 e. The number of nitrogens with one attached hydrogen (secondary N) is 3. The molecule has 2 aromatic carbocycles. The number of anilines is 1. The standard InChI is InChI=1S/C27H33N5O8/c1-27(2,3)40-26(37)30-20-11-8-18(25(36)29-15-13-23(34)39-5)16-21(20)32-31-19-9-6-17(7-10-19)24(35)28-14-12-22(33)38-4/h6-11,16H,12-15H2,1-5H3,(H,28,35)(H,29,36)(H,30,37). The molecule has 0 radical (unpaired) electrons. The van der Waals surface area contributed by atoms with E-state index < -0.39 is 29.5 Å². The number of amides is 3. The maximum atomic E-state index is 12.6. The summed E-state index contributed by atoms with van der Waals surface area (Å²) in [5.74, 6) is -1.73. The number of methoxy groups -OCH3 is 2. The fraction of sp³-hybridized carbons (Fsp3) is 0.370. The number of carbonyl (C=O) groups is 5. The number of carbonyl (C=O) groups excluding carboxylic acids is 5. The van der Waals surface area contributed by atoms with Crippen LogP contribution in [0.3, 0.4) is 0 Å². The Labute approximate surface area is 231 Å². The first-order chi connectivity index (χ1) is 18.9. The number of azo groups is 1. The van der Waals surface area contributed by atoms with Gasteiger partial charge in [0, 0.05) is 24.2 Å². The number of esters is 2. The quantitative estimate of drug-likeness (QED) is 0.212. The van der Waals surface area contributed by atoms with Gasteiger partial charge in [0.1, 0.15) is 11.3 Å². The molecule has 214 valence electrons. The van der Waals surface area contributed by atoms with E-state index in [1.165, 1.54) is 44.6 Å². The molecule has 3 N–H and O–H groups in total. The van der Waals surface area contributed by atoms with Crippen molar-refractivity contribution in [3.63, 3.8) is 0 Å². The molecule has 0 aliphatic rings. The highest BCUT2D eigenvalue weighted by atomic mass is 16.6. The van der Waals surface area contributed by atoms with Gasteiger partial charge in [0.15, 0.2) is 0 Å². The number of rotatable bonds is 11. The van der Waals surface area contributed by atoms with E-state index in [1.54, 1.807) is 32.9 Å². The monoisotopic (exact) mass is 555 g/mol. The molecule has 0 fully saturated rings. The van der Waals surface area contributed by atoms with Crippen molar-refractivity contribution in [2.24, 2.45) is 10.2 Å². The van der Waals surface area contributed by atoms with Crippen molar-refractivity contribution in [3.8, 4) is 0 Å². The molecule has 0 saturated carbocycles. The SMILES string of the molecule is COC(=O)CCNC(=O)c1ccc(N=Nc2cc(C(=O)NCCC(=O)OC)ccc2NC(=O)OC(C)(C)C)cc1. The summed E-state index contributed by atoms with van der Waals surface area (Å²) < 4.78 is 14.4. The van der Waals surface area contributed by atoms with E-state index in [1.807, 2.05) is 0 Å². The van der Waals surface area contributed by atoms with E-state index in [0.29, 0.717) is 11.3 Å². The topological polar surface area (TPSA) is 174 Å². The molecule has 0 aliphatic heterocycles. The highest BCUT2D eigenvalue weighted by molar-refractivity contribution is 5.98. The van der Waals surface area contributed by atoms with Crippen molar-refractivity contribution < 1.29 is 38.2 Å². The zero-order chi connectivity index (χ0) is 29.7. The van der Waals surface area contributed by atoms with Crippen molar-refractivity contribution in [2.75, 3.05) is 32.6 Å². The molecular weight excluding hydrogens is 522 g/mol. The van der Waals surface area contributed by atoms with E-state index in [9.17, 15) is 24.0 Å². The maximum Gasteiger partial charge on any atom is 0.412 e. The van der Waals surface area contributed by atoms with Crippen molar-refractivity contribution in [1.29, 1.82) is 0 Å². The van der Waals surface area contributed by atoms with Crippen molar-refractivity contribution in [2.45, 2.75) is 39.2 Å². The minimum Gasteiger partial charge on any atom is -0.469 e. The van der Waals surface area contributed by atoms with Gasteiger partial charge in [-0.2, -0.15) is 5.11 Å². The predicted molar refractivity (Wildman–Crippen MR) is 145 cm³/mol. The summed E-state index contributed by atoms with van der Waals surface area (Å²) in [5.41, 5.74) is 0.622. The van der Waals surface area contributed by atoms with Gasteiger partial charge in [-0.25, -0.2) is 4.79 Å². The molecule has 0 bridgehead atoms. The van der Waals surface area contributed by atoms with Gasteiger partial charge in [0.05, 0.1) is 38.4 Å². The van der Waals surface area contributed by atoms with Crippen molar-refractivity contribution in [1.82, 2.24) is 10.6 Å². The van der Waals surface area contributed by atoms with E-state index >= 15 is 0 Å². The second-order valence-electron chi connectivity index (χ2n) is 9.27. The van der Waals surface area contributed by atoms with Crippen LogP contribution in [0.25, 0.3) is 0 Å². The smallest absolute Gasteiger partial charge is 0.412 e. The molecule has 2 rings (SSSR count). The minimum absolute atomic E-state index is 0.00634. The van der Waals surface area contributed by atoms with E-state index in [-0.39, 0.29) is 48.8 Å². The Morgan fingerprint density at radius 1 is 0.750 bits per heavy atom. The third-order valence-electron chi connectivity index (χ3n) is 4.98. The Balaban J connectivity index is 2.20. The van der Waals surface area contributed by atoms with Crippen LogP contribution >= 0.6 is 0 Å². The van der Waals surface area contributed by atoms with E-state index in [4.69, 9.17) is 4.74 Å². The Morgan fingerprint density at radius 3 is 1.80 bits per heavy atom. The van der Waals surface area contributed by atoms with Gasteiger partial charge in [0.25, 0.3) is 11.8 Å². The Morgan fingerprint density at radius 2 is 1.27 bits per heavy atom. The third-order valence-corrected chi connectivity index (χ3v) is 4.98. The average Bonchev–Trinajstić information content (AvgIpc) is 2.91. The summed E-state index contributed by atoms with van der Waals surface area (Å²) in [5, 5.41) is 16.2. The predicted octanol–water partition coefficient (Wildman–Crippen LogP) is 4.03. The lowest BCUT2D eigenvalue weighted by atomic mass is 10.1. The number of ether oxygens (including phenoxy) is 3. The normalized spacial score (nSPS) is 10.9. The van der Waals surface area contributed by atoms with Crippen LogP contribution in [0.1, 0.15) is 54.3 Å². The molecule has 0 saturated heterocycles. The first kappa shape index (κ1) is 31.4. The summed E-state index contributed by atoms with van der Waals surface area (Å²) in [6.45, 7) is 5.37. The molecule has 0 heterocycles. The molecule has 0 atom stereocenters. The molecule has 0 spiro atoms. The fourth-order valence-electron chi connectivity index (χ4n) is 3.03. The lowest BCUT2D eigenvalue weighted by molar-refractivity contribution is -0.141. The molecule has 13 heteroatoms. The molecule has 0 aliphatic carbocycles. The molecule has 13 nitrogen and oxygen atoms in total. The number of hydrogen-bond donors (Lipinski definition) is 3. The van der Waals surface area contributed by atoms with Crippen LogP contribution in [0, 0.1) is 0 Å². The van der Waals surface area contributed by atoms with Gasteiger partial charge in [-0.1, -0.05) is 0 Å². The van der Waals surface area contributed by atoms with Crippen LogP contribution in [0.2, 0.25) is 0 Å². The van der Waals surface area contributed by atoms with Crippen LogP contribution in [-0.2, 0) is 23.8 Å². The van der Waals surface area contributed by atoms with Gasteiger partial charge in [-0.15, -0.1) is 5.11 Å². The number of benzene rings is 2. The van der Waals surface area contributed by atoms with Crippen LogP contribution < -0.4 is 16.0 Å². The Kier molecular flexibility index (Phi) is 11.7. The Bertz CT molecular complexity index is 1250. The van der Waals surface area contributed by atoms with Gasteiger partial charge in [0.2, 0.25) is 0 Å². The summed E-state index contributed by atoms with van der Waals surface area (Å²) >= 11 is 0. The number of nitrogens with zero attached hydrogens (tertiary/aromatic N) is 2. The highest BCUT2D eigenvalue weighted by Gasteiger charge is 2.18. The van der Waals surface area contributed by atoms with Gasteiger partial charge in [-0.05, 0) is 63.2 Å². The molecule has 0 unspecified atom stereocenters. The molecule has 0 aromatic heterocycles. The zero-order valence-electron chi connectivity index (χ0n) is 23.0. The highest BCUT2D eigenvalue weighted by Crippen LogP contribution is 2.29. The second kappa shape index (κ2) is 15.0. The third kappa shape index (κ3) is 10.9. The Hall–Kier alpha value is -4.81. The van der Waals surface area contributed by atoms with Crippen LogP contribution in [0.4, 0.5) is 21.9 Å². The molecule has 2 aromatic rings. The fourth-order valence-corrected chi connectivity index (χ4v) is 3.03. The summed E-state index contributed by atoms with van der Waals surface area (Å²) in [4.78, 5) is 59.7. The minimum atomic E-state index is -0.738. The van der Waals surface area contributed by atoms with Crippen LogP contribution in [0.5, 0.6) is 0 Å². The summed E-state index contributed by atoms with van der Waals surface area (Å²) in [7, 11) is 2.53. The van der Waals surface area contributed by atoms with Gasteiger partial charge >= 0.3 is 18.0 Å².